The van der Waals surface area contributed by atoms with Crippen molar-refractivity contribution in [3.63, 3.8) is 0 Å². The van der Waals surface area contributed by atoms with Crippen LogP contribution < -0.4 is 5.73 Å². The molecule has 0 fully saturated rings. The molecule has 0 saturated heterocycles. The first-order chi connectivity index (χ1) is 7.70. The van der Waals surface area contributed by atoms with Crippen LogP contribution in [0.15, 0.2) is 0 Å². The highest BCUT2D eigenvalue weighted by Crippen LogP contribution is 2.10. The number of esters is 1. The molecule has 3 nitrogen and oxygen atoms in total. The quantitative estimate of drug-likeness (QED) is 0.463. The van der Waals surface area contributed by atoms with Crippen molar-refractivity contribution < 1.29 is 9.53 Å². The van der Waals surface area contributed by atoms with Crippen LogP contribution in [0, 0.1) is 0 Å². The Morgan fingerprint density at radius 2 is 1.75 bits per heavy atom. The first-order valence-electron chi connectivity index (χ1n) is 6.53. The summed E-state index contributed by atoms with van der Waals surface area (Å²) in [7, 11) is 1.44. The van der Waals surface area contributed by atoms with Crippen molar-refractivity contribution in [2.24, 2.45) is 5.73 Å². The first-order valence-corrected chi connectivity index (χ1v) is 6.53. The van der Waals surface area contributed by atoms with Gasteiger partial charge in [-0.3, -0.25) is 4.79 Å². The third kappa shape index (κ3) is 9.97. The lowest BCUT2D eigenvalue weighted by Crippen LogP contribution is -2.19. The number of carbonyl (C=O) groups excluding carboxylic acids is 1. The Morgan fingerprint density at radius 1 is 1.12 bits per heavy atom. The Labute approximate surface area is 99.7 Å². The van der Waals surface area contributed by atoms with Crippen molar-refractivity contribution in [3.8, 4) is 0 Å². The summed E-state index contributed by atoms with van der Waals surface area (Å²) in [6.45, 7) is 2.19. The zero-order valence-corrected chi connectivity index (χ0v) is 10.8. The zero-order valence-electron chi connectivity index (χ0n) is 10.8. The van der Waals surface area contributed by atoms with Crippen LogP contribution in [0.1, 0.15) is 64.7 Å². The summed E-state index contributed by atoms with van der Waals surface area (Å²) in [5.41, 5.74) is 5.97. The van der Waals surface area contributed by atoms with E-state index in [1.54, 1.807) is 0 Å². The molecule has 0 aliphatic rings. The van der Waals surface area contributed by atoms with Crippen molar-refractivity contribution in [2.45, 2.75) is 70.8 Å². The summed E-state index contributed by atoms with van der Waals surface area (Å²) in [5, 5.41) is 0. The van der Waals surface area contributed by atoms with Crippen molar-refractivity contribution in [1.82, 2.24) is 0 Å². The first kappa shape index (κ1) is 15.4. The predicted molar refractivity (Wildman–Crippen MR) is 67.2 cm³/mol. The Kier molecular flexibility index (Phi) is 10.5. The molecule has 2 N–H and O–H groups in total. The van der Waals surface area contributed by atoms with E-state index in [0.29, 0.717) is 12.5 Å². The van der Waals surface area contributed by atoms with E-state index in [0.717, 1.165) is 25.7 Å². The van der Waals surface area contributed by atoms with Crippen molar-refractivity contribution in [2.75, 3.05) is 7.11 Å². The molecule has 16 heavy (non-hydrogen) atoms. The molecule has 0 aliphatic carbocycles. The normalized spacial score (nSPS) is 12.4. The predicted octanol–water partition coefficient (Wildman–Crippen LogP) is 3.02. The fraction of sp³-hybridized carbons (Fsp3) is 0.923. The van der Waals surface area contributed by atoms with Crippen LogP contribution in [0.4, 0.5) is 0 Å². The van der Waals surface area contributed by atoms with Gasteiger partial charge in [0.15, 0.2) is 0 Å². The topological polar surface area (TPSA) is 52.3 Å². The molecule has 1 unspecified atom stereocenters. The van der Waals surface area contributed by atoms with Gasteiger partial charge in [-0.15, -0.1) is 0 Å². The lowest BCUT2D eigenvalue weighted by molar-refractivity contribution is -0.140. The third-order valence-electron chi connectivity index (χ3n) is 2.86. The minimum absolute atomic E-state index is 0.0975. The van der Waals surface area contributed by atoms with E-state index in [9.17, 15) is 4.79 Å². The largest absolute Gasteiger partial charge is 0.469 e. The van der Waals surface area contributed by atoms with E-state index < -0.39 is 0 Å². The van der Waals surface area contributed by atoms with Crippen molar-refractivity contribution in [3.05, 3.63) is 0 Å². The monoisotopic (exact) mass is 229 g/mol. The molecule has 96 valence electrons. The van der Waals surface area contributed by atoms with Gasteiger partial charge in [0.05, 0.1) is 7.11 Å². The molecule has 0 spiro atoms. The number of unbranched alkanes of at least 4 members (excludes halogenated alkanes) is 4. The van der Waals surface area contributed by atoms with Crippen LogP contribution in [0.25, 0.3) is 0 Å². The van der Waals surface area contributed by atoms with Crippen molar-refractivity contribution >= 4 is 5.97 Å². The Morgan fingerprint density at radius 3 is 2.38 bits per heavy atom. The van der Waals surface area contributed by atoms with E-state index in [1.165, 1.54) is 32.8 Å². The van der Waals surface area contributed by atoms with Crippen LogP contribution in [0.5, 0.6) is 0 Å². The van der Waals surface area contributed by atoms with Gasteiger partial charge >= 0.3 is 5.97 Å². The van der Waals surface area contributed by atoms with E-state index in [1.807, 2.05) is 0 Å². The van der Waals surface area contributed by atoms with Gasteiger partial charge in [0.1, 0.15) is 0 Å². The smallest absolute Gasteiger partial charge is 0.305 e. The van der Waals surface area contributed by atoms with Gasteiger partial charge in [-0.25, -0.2) is 0 Å². The number of rotatable bonds is 10. The Hall–Kier alpha value is -0.570. The number of hydrogen-bond donors (Lipinski definition) is 1. The maximum absolute atomic E-state index is 10.8. The second-order valence-corrected chi connectivity index (χ2v) is 4.43. The molecule has 0 rings (SSSR count). The summed E-state index contributed by atoms with van der Waals surface area (Å²) < 4.78 is 4.58. The summed E-state index contributed by atoms with van der Waals surface area (Å²) in [6.07, 6.45) is 9.71. The highest BCUT2D eigenvalue weighted by Gasteiger charge is 2.02. The second-order valence-electron chi connectivity index (χ2n) is 4.43. The highest BCUT2D eigenvalue weighted by atomic mass is 16.5. The molecule has 0 bridgehead atoms. The molecule has 0 aliphatic heterocycles. The second kappa shape index (κ2) is 10.9. The molecule has 1 atom stereocenters. The number of carbonyl (C=O) groups is 1. The van der Waals surface area contributed by atoms with Gasteiger partial charge in [-0.05, 0) is 19.3 Å². The van der Waals surface area contributed by atoms with Crippen LogP contribution in [-0.2, 0) is 9.53 Å². The van der Waals surface area contributed by atoms with Gasteiger partial charge in [0.25, 0.3) is 0 Å². The number of methoxy groups -OCH3 is 1. The summed E-state index contributed by atoms with van der Waals surface area (Å²) in [4.78, 5) is 10.8. The maximum Gasteiger partial charge on any atom is 0.305 e. The van der Waals surface area contributed by atoms with Crippen LogP contribution >= 0.6 is 0 Å². The van der Waals surface area contributed by atoms with E-state index >= 15 is 0 Å². The molecule has 0 saturated carbocycles. The van der Waals surface area contributed by atoms with Gasteiger partial charge in [0, 0.05) is 12.5 Å². The molecule has 0 heterocycles. The Bertz CT molecular complexity index is 171. The molecular formula is C13H27NO2. The van der Waals surface area contributed by atoms with Crippen LogP contribution in [0.2, 0.25) is 0 Å². The number of nitrogens with two attached hydrogens (primary N) is 1. The van der Waals surface area contributed by atoms with Crippen LogP contribution in [-0.4, -0.2) is 19.1 Å². The Balaban J connectivity index is 3.17. The number of hydrogen-bond acceptors (Lipinski definition) is 3. The van der Waals surface area contributed by atoms with Crippen molar-refractivity contribution in [1.29, 1.82) is 0 Å². The molecule has 0 aromatic heterocycles. The molecule has 0 amide bonds. The molecule has 0 radical (unpaired) electrons. The standard InChI is InChI=1S/C13H27NO2/c1-3-4-9-12(14)10-7-5-6-8-11-13(15)16-2/h12H,3-11,14H2,1-2H3. The lowest BCUT2D eigenvalue weighted by atomic mass is 10.0. The average Bonchev–Trinajstić information content (AvgIpc) is 2.30. The van der Waals surface area contributed by atoms with Gasteiger partial charge in [-0.2, -0.15) is 0 Å². The van der Waals surface area contributed by atoms with Gasteiger partial charge in [0.2, 0.25) is 0 Å². The van der Waals surface area contributed by atoms with E-state index in [2.05, 4.69) is 11.7 Å². The number of ether oxygens (including phenoxy) is 1. The fourth-order valence-corrected chi connectivity index (χ4v) is 1.74. The summed E-state index contributed by atoms with van der Waals surface area (Å²) >= 11 is 0. The maximum atomic E-state index is 10.8. The zero-order chi connectivity index (χ0) is 12.2. The summed E-state index contributed by atoms with van der Waals surface area (Å²) in [5.74, 6) is -0.0975. The van der Waals surface area contributed by atoms with Gasteiger partial charge in [-0.1, -0.05) is 39.0 Å². The SMILES string of the molecule is CCCCC(N)CCCCCCC(=O)OC. The molecule has 3 heteroatoms. The highest BCUT2D eigenvalue weighted by molar-refractivity contribution is 5.68. The van der Waals surface area contributed by atoms with Crippen LogP contribution in [0.3, 0.4) is 0 Å². The molecular weight excluding hydrogens is 202 g/mol. The van der Waals surface area contributed by atoms with Gasteiger partial charge < -0.3 is 10.5 Å². The minimum atomic E-state index is -0.0975. The molecule has 0 aromatic rings. The van der Waals surface area contributed by atoms with E-state index in [-0.39, 0.29) is 5.97 Å². The molecule has 0 aromatic carbocycles. The fourth-order valence-electron chi connectivity index (χ4n) is 1.74. The lowest BCUT2D eigenvalue weighted by Gasteiger charge is -2.10. The average molecular weight is 229 g/mol. The van der Waals surface area contributed by atoms with E-state index in [4.69, 9.17) is 5.73 Å². The third-order valence-corrected chi connectivity index (χ3v) is 2.86. The summed E-state index contributed by atoms with van der Waals surface area (Å²) in [6, 6.07) is 0.376. The minimum Gasteiger partial charge on any atom is -0.469 e.